The van der Waals surface area contributed by atoms with Crippen LogP contribution in [-0.2, 0) is 9.53 Å². The van der Waals surface area contributed by atoms with Crippen molar-refractivity contribution in [3.05, 3.63) is 24.3 Å². The topological polar surface area (TPSA) is 68.8 Å². The number of hydrogen-bond donors (Lipinski definition) is 2. The number of carbonyl (C=O) groups excluding carboxylic acids is 1. The third-order valence-corrected chi connectivity index (χ3v) is 3.17. The molecular weight excluding hydrogens is 308 g/mol. The van der Waals surface area contributed by atoms with Gasteiger partial charge in [-0.2, -0.15) is 0 Å². The lowest BCUT2D eigenvalue weighted by atomic mass is 10.2. The summed E-state index contributed by atoms with van der Waals surface area (Å²) in [6.45, 7) is 2.95. The maximum absolute atomic E-state index is 11.8. The highest BCUT2D eigenvalue weighted by molar-refractivity contribution is 5.85. The first-order chi connectivity index (χ1) is 10.3. The van der Waals surface area contributed by atoms with Crippen molar-refractivity contribution < 1.29 is 19.0 Å². The Morgan fingerprint density at radius 2 is 2.27 bits per heavy atom. The number of ether oxygens (including phenoxy) is 3. The number of morpholine rings is 1. The van der Waals surface area contributed by atoms with Crippen LogP contribution in [0.3, 0.4) is 0 Å². The highest BCUT2D eigenvalue weighted by Gasteiger charge is 2.20. The van der Waals surface area contributed by atoms with E-state index in [1.165, 1.54) is 0 Å². The van der Waals surface area contributed by atoms with Crippen LogP contribution in [0.15, 0.2) is 24.3 Å². The quantitative estimate of drug-likeness (QED) is 0.730. The summed E-state index contributed by atoms with van der Waals surface area (Å²) < 4.78 is 16.0. The molecule has 1 aliphatic heterocycles. The van der Waals surface area contributed by atoms with Crippen LogP contribution in [-0.4, -0.2) is 52.0 Å². The van der Waals surface area contributed by atoms with E-state index in [9.17, 15) is 4.79 Å². The van der Waals surface area contributed by atoms with E-state index in [0.29, 0.717) is 26.4 Å². The van der Waals surface area contributed by atoms with E-state index in [2.05, 4.69) is 10.6 Å². The number of methoxy groups -OCH3 is 1. The molecule has 1 aromatic rings. The Morgan fingerprint density at radius 3 is 3.00 bits per heavy atom. The predicted octanol–water partition coefficient (Wildman–Crippen LogP) is 0.990. The van der Waals surface area contributed by atoms with E-state index in [0.717, 1.165) is 24.5 Å². The molecule has 0 aliphatic carbocycles. The molecule has 1 aromatic carbocycles. The minimum atomic E-state index is -0.238. The standard InChI is InChI=1S/C15H22N2O4.ClH/c1-19-12-4-2-5-13(10-12)21-8-3-6-17-15(18)14-11-20-9-7-16-14;/h2,4-5,10,14,16H,3,6-9,11H2,1H3,(H,17,18);1H. The maximum atomic E-state index is 11.8. The molecule has 124 valence electrons. The maximum Gasteiger partial charge on any atom is 0.239 e. The van der Waals surface area contributed by atoms with E-state index in [1.54, 1.807) is 7.11 Å². The van der Waals surface area contributed by atoms with Crippen LogP contribution >= 0.6 is 12.4 Å². The predicted molar refractivity (Wildman–Crippen MR) is 86.0 cm³/mol. The number of benzene rings is 1. The van der Waals surface area contributed by atoms with Crippen LogP contribution in [0.2, 0.25) is 0 Å². The summed E-state index contributed by atoms with van der Waals surface area (Å²) in [6.07, 6.45) is 0.747. The monoisotopic (exact) mass is 330 g/mol. The largest absolute Gasteiger partial charge is 0.497 e. The molecule has 0 spiro atoms. The number of hydrogen-bond acceptors (Lipinski definition) is 5. The Kier molecular flexibility index (Phi) is 8.65. The summed E-state index contributed by atoms with van der Waals surface area (Å²) in [4.78, 5) is 11.8. The minimum Gasteiger partial charge on any atom is -0.497 e. The van der Waals surface area contributed by atoms with E-state index < -0.39 is 0 Å². The SMILES string of the molecule is COc1cccc(OCCCNC(=O)C2COCCN2)c1.Cl. The summed E-state index contributed by atoms with van der Waals surface area (Å²) >= 11 is 0. The molecule has 1 aliphatic rings. The number of nitrogens with one attached hydrogen (secondary N) is 2. The lowest BCUT2D eigenvalue weighted by molar-refractivity contribution is -0.125. The molecule has 6 nitrogen and oxygen atoms in total. The van der Waals surface area contributed by atoms with Crippen molar-refractivity contribution in [3.63, 3.8) is 0 Å². The average molecular weight is 331 g/mol. The van der Waals surface area contributed by atoms with Crippen molar-refractivity contribution in [2.24, 2.45) is 0 Å². The number of rotatable bonds is 7. The van der Waals surface area contributed by atoms with Crippen molar-refractivity contribution in [3.8, 4) is 11.5 Å². The lowest BCUT2D eigenvalue weighted by Gasteiger charge is -2.22. The molecule has 0 aromatic heterocycles. The fourth-order valence-electron chi connectivity index (χ4n) is 2.02. The first kappa shape index (κ1) is 18.5. The Hall–Kier alpha value is -1.50. The normalized spacial score (nSPS) is 17.2. The molecule has 1 amide bonds. The van der Waals surface area contributed by atoms with Crippen molar-refractivity contribution in [2.45, 2.75) is 12.5 Å². The Morgan fingerprint density at radius 1 is 1.45 bits per heavy atom. The van der Waals surface area contributed by atoms with Gasteiger partial charge in [-0.3, -0.25) is 4.79 Å². The molecular formula is C15H23ClN2O4. The molecule has 0 bridgehead atoms. The van der Waals surface area contributed by atoms with E-state index in [1.807, 2.05) is 24.3 Å². The van der Waals surface area contributed by atoms with Crippen LogP contribution in [0, 0.1) is 0 Å². The summed E-state index contributed by atoms with van der Waals surface area (Å²) in [5, 5.41) is 5.99. The van der Waals surface area contributed by atoms with Gasteiger partial charge in [0.25, 0.3) is 0 Å². The van der Waals surface area contributed by atoms with E-state index in [-0.39, 0.29) is 24.4 Å². The second-order valence-electron chi connectivity index (χ2n) is 4.75. The zero-order valence-electron chi connectivity index (χ0n) is 12.7. The van der Waals surface area contributed by atoms with Crippen LogP contribution < -0.4 is 20.1 Å². The van der Waals surface area contributed by atoms with Gasteiger partial charge in [0.2, 0.25) is 5.91 Å². The second kappa shape index (κ2) is 10.3. The zero-order chi connectivity index (χ0) is 14.9. The first-order valence-electron chi connectivity index (χ1n) is 7.15. The molecule has 2 rings (SSSR count). The molecule has 22 heavy (non-hydrogen) atoms. The molecule has 1 fully saturated rings. The third kappa shape index (κ3) is 6.09. The lowest BCUT2D eigenvalue weighted by Crippen LogP contribution is -2.51. The van der Waals surface area contributed by atoms with E-state index in [4.69, 9.17) is 14.2 Å². The molecule has 0 radical (unpaired) electrons. The van der Waals surface area contributed by atoms with Crippen LogP contribution in [0.25, 0.3) is 0 Å². The Bertz CT molecular complexity index is 453. The molecule has 2 N–H and O–H groups in total. The molecule has 1 saturated heterocycles. The van der Waals surface area contributed by atoms with Crippen molar-refractivity contribution in [1.82, 2.24) is 10.6 Å². The van der Waals surface area contributed by atoms with Gasteiger partial charge in [-0.25, -0.2) is 0 Å². The highest BCUT2D eigenvalue weighted by Crippen LogP contribution is 2.18. The van der Waals surface area contributed by atoms with Crippen molar-refractivity contribution in [1.29, 1.82) is 0 Å². The molecule has 7 heteroatoms. The Balaban J connectivity index is 0.00000242. The summed E-state index contributed by atoms with van der Waals surface area (Å²) in [5.41, 5.74) is 0. The smallest absolute Gasteiger partial charge is 0.239 e. The minimum absolute atomic E-state index is 0. The first-order valence-corrected chi connectivity index (χ1v) is 7.15. The van der Waals surface area contributed by atoms with Gasteiger partial charge in [0.15, 0.2) is 0 Å². The van der Waals surface area contributed by atoms with Crippen molar-refractivity contribution >= 4 is 18.3 Å². The molecule has 1 unspecified atom stereocenters. The van der Waals surface area contributed by atoms with Crippen LogP contribution in [0.4, 0.5) is 0 Å². The number of carbonyl (C=O) groups is 1. The van der Waals surface area contributed by atoms with Gasteiger partial charge in [-0.1, -0.05) is 6.07 Å². The molecule has 0 saturated carbocycles. The summed E-state index contributed by atoms with van der Waals surface area (Å²) in [7, 11) is 1.62. The zero-order valence-corrected chi connectivity index (χ0v) is 13.5. The fourth-order valence-corrected chi connectivity index (χ4v) is 2.02. The van der Waals surface area contributed by atoms with Gasteiger partial charge in [0, 0.05) is 19.2 Å². The van der Waals surface area contributed by atoms with Crippen LogP contribution in [0.5, 0.6) is 11.5 Å². The molecule has 1 atom stereocenters. The van der Waals surface area contributed by atoms with Crippen LogP contribution in [0.1, 0.15) is 6.42 Å². The average Bonchev–Trinajstić information content (AvgIpc) is 2.55. The number of halogens is 1. The van der Waals surface area contributed by atoms with Gasteiger partial charge in [-0.15, -0.1) is 12.4 Å². The fraction of sp³-hybridized carbons (Fsp3) is 0.533. The van der Waals surface area contributed by atoms with Gasteiger partial charge in [-0.05, 0) is 18.6 Å². The third-order valence-electron chi connectivity index (χ3n) is 3.17. The van der Waals surface area contributed by atoms with Gasteiger partial charge in [0.1, 0.15) is 17.5 Å². The second-order valence-corrected chi connectivity index (χ2v) is 4.75. The summed E-state index contributed by atoms with van der Waals surface area (Å²) in [6, 6.07) is 7.22. The summed E-state index contributed by atoms with van der Waals surface area (Å²) in [5.74, 6) is 1.52. The number of amides is 1. The van der Waals surface area contributed by atoms with Gasteiger partial charge in [0.05, 0.1) is 26.9 Å². The van der Waals surface area contributed by atoms with Crippen molar-refractivity contribution in [2.75, 3.05) is 40.0 Å². The van der Waals surface area contributed by atoms with Gasteiger partial charge >= 0.3 is 0 Å². The molecule has 1 heterocycles. The van der Waals surface area contributed by atoms with E-state index >= 15 is 0 Å². The highest BCUT2D eigenvalue weighted by atomic mass is 35.5. The Labute approximate surface area is 136 Å². The van der Waals surface area contributed by atoms with Gasteiger partial charge < -0.3 is 24.8 Å².